The molecule has 0 aliphatic carbocycles. The lowest BCUT2D eigenvalue weighted by atomic mass is 10.3. The van der Waals surface area contributed by atoms with Gasteiger partial charge < -0.3 is 0 Å². The molecule has 1 radical (unpaired) electrons. The normalized spacial score (nSPS) is 9.62. The fourth-order valence-electron chi connectivity index (χ4n) is 1.30. The average molecular weight is 221 g/mol. The van der Waals surface area contributed by atoms with Gasteiger partial charge in [-0.15, -0.1) is 0 Å². The number of hydroxylamine groups is 2. The second-order valence-corrected chi connectivity index (χ2v) is 3.06. The zero-order valence-corrected chi connectivity index (χ0v) is 8.96. The van der Waals surface area contributed by atoms with Crippen LogP contribution in [-0.2, 0) is 4.79 Å². The molecule has 1 N–H and O–H groups in total. The summed E-state index contributed by atoms with van der Waals surface area (Å²) >= 11 is 0. The van der Waals surface area contributed by atoms with Crippen molar-refractivity contribution in [3.63, 3.8) is 0 Å². The Kier molecular flexibility index (Phi) is 4.47. The number of anilines is 1. The molecule has 0 unspecified atom stereocenters. The van der Waals surface area contributed by atoms with E-state index >= 15 is 0 Å². The van der Waals surface area contributed by atoms with E-state index < -0.39 is 12.6 Å². The lowest BCUT2D eigenvalue weighted by molar-refractivity contribution is -0.0260. The number of hydrogen-bond donors (Lipinski definition) is 1. The summed E-state index contributed by atoms with van der Waals surface area (Å²) in [6, 6.07) is 8.27. The molecule has 5 heteroatoms. The molecule has 16 heavy (non-hydrogen) atoms. The molecule has 0 atom stereocenters. The maximum Gasteiger partial charge on any atom is 0.348 e. The largest absolute Gasteiger partial charge is 0.348 e. The van der Waals surface area contributed by atoms with Crippen LogP contribution in [0, 0.1) is 0 Å². The van der Waals surface area contributed by atoms with Crippen molar-refractivity contribution in [3.8, 4) is 0 Å². The van der Waals surface area contributed by atoms with Crippen LogP contribution in [0.1, 0.15) is 6.92 Å². The molecular formula is C11H13N2O3. The first kappa shape index (κ1) is 12.2. The maximum absolute atomic E-state index is 11.7. The van der Waals surface area contributed by atoms with Crippen molar-refractivity contribution in [2.45, 2.75) is 6.92 Å². The molecule has 1 rings (SSSR count). The van der Waals surface area contributed by atoms with E-state index in [4.69, 9.17) is 0 Å². The highest BCUT2D eigenvalue weighted by molar-refractivity contribution is 5.92. The molecule has 5 nitrogen and oxygen atoms in total. The van der Waals surface area contributed by atoms with Crippen LogP contribution < -0.4 is 4.90 Å². The number of benzene rings is 1. The molecule has 0 aromatic heterocycles. The highest BCUT2D eigenvalue weighted by Gasteiger charge is 2.19. The number of hydrogen-bond acceptors (Lipinski definition) is 3. The Bertz CT molecular complexity index is 354. The van der Waals surface area contributed by atoms with Crippen molar-refractivity contribution < 1.29 is 14.8 Å². The molecule has 0 spiro atoms. The summed E-state index contributed by atoms with van der Waals surface area (Å²) in [6.45, 7) is 1.73. The van der Waals surface area contributed by atoms with Crippen LogP contribution in [-0.4, -0.2) is 35.7 Å². The van der Waals surface area contributed by atoms with Crippen molar-refractivity contribution in [1.82, 2.24) is 5.06 Å². The van der Waals surface area contributed by atoms with Crippen molar-refractivity contribution in [3.05, 3.63) is 30.3 Å². The maximum atomic E-state index is 11.7. The van der Waals surface area contributed by atoms with E-state index in [9.17, 15) is 14.8 Å². The van der Waals surface area contributed by atoms with Gasteiger partial charge in [-0.05, 0) is 19.1 Å². The lowest BCUT2D eigenvalue weighted by Gasteiger charge is -2.24. The third-order valence-electron chi connectivity index (χ3n) is 2.05. The molecule has 0 aliphatic heterocycles. The molecule has 0 fully saturated rings. The Balaban J connectivity index is 2.82. The van der Waals surface area contributed by atoms with E-state index in [0.29, 0.717) is 17.3 Å². The van der Waals surface area contributed by atoms with E-state index in [-0.39, 0.29) is 0 Å². The summed E-state index contributed by atoms with van der Waals surface area (Å²) in [5, 5.41) is 9.60. The minimum atomic E-state index is -0.642. The molecular weight excluding hydrogens is 208 g/mol. The Hall–Kier alpha value is -1.88. The first-order chi connectivity index (χ1) is 7.70. The third kappa shape index (κ3) is 2.80. The van der Waals surface area contributed by atoms with Crippen molar-refractivity contribution in [1.29, 1.82) is 0 Å². The first-order valence-electron chi connectivity index (χ1n) is 4.88. The van der Waals surface area contributed by atoms with E-state index in [1.807, 2.05) is 6.07 Å². The standard InChI is InChI=1S/C11H13N2O3/c1-2-12(10-6-4-3-5-7-10)11(15)13(16)8-9-14/h3-7,16H,2,8H2,1H3. The molecule has 0 saturated carbocycles. The average Bonchev–Trinajstić information content (AvgIpc) is 2.31. The Labute approximate surface area is 93.8 Å². The smallest absolute Gasteiger partial charge is 0.293 e. The van der Waals surface area contributed by atoms with Crippen LogP contribution in [0.25, 0.3) is 0 Å². The summed E-state index contributed by atoms with van der Waals surface area (Å²) in [4.78, 5) is 23.1. The number of nitrogens with zero attached hydrogens (tertiary/aromatic N) is 2. The van der Waals surface area contributed by atoms with Crippen LogP contribution in [0.15, 0.2) is 30.3 Å². The van der Waals surface area contributed by atoms with E-state index in [2.05, 4.69) is 0 Å². The Morgan fingerprint density at radius 3 is 2.50 bits per heavy atom. The molecule has 0 aliphatic rings. The Morgan fingerprint density at radius 1 is 1.38 bits per heavy atom. The highest BCUT2D eigenvalue weighted by Crippen LogP contribution is 2.14. The molecule has 1 aromatic carbocycles. The van der Waals surface area contributed by atoms with Gasteiger partial charge in [0.15, 0.2) is 0 Å². The van der Waals surface area contributed by atoms with Gasteiger partial charge in [-0.25, -0.2) is 4.79 Å². The number of para-hydroxylation sites is 1. The minimum absolute atomic E-state index is 0.337. The quantitative estimate of drug-likeness (QED) is 0.618. The van der Waals surface area contributed by atoms with E-state index in [1.54, 1.807) is 31.2 Å². The second-order valence-electron chi connectivity index (χ2n) is 3.06. The zero-order chi connectivity index (χ0) is 12.0. The topological polar surface area (TPSA) is 60.9 Å². The molecule has 0 saturated heterocycles. The molecule has 0 bridgehead atoms. The van der Waals surface area contributed by atoms with Crippen molar-refractivity contribution in [2.75, 3.05) is 18.0 Å². The summed E-state index contributed by atoms with van der Waals surface area (Å²) < 4.78 is 0. The summed E-state index contributed by atoms with van der Waals surface area (Å²) in [6.07, 6.45) is 1.46. The van der Waals surface area contributed by atoms with Gasteiger partial charge in [0.05, 0.1) is 0 Å². The van der Waals surface area contributed by atoms with Crippen LogP contribution >= 0.6 is 0 Å². The van der Waals surface area contributed by atoms with Gasteiger partial charge in [-0.1, -0.05) is 18.2 Å². The first-order valence-corrected chi connectivity index (χ1v) is 4.88. The predicted molar refractivity (Wildman–Crippen MR) is 59.0 cm³/mol. The van der Waals surface area contributed by atoms with Crippen molar-refractivity contribution in [2.24, 2.45) is 0 Å². The van der Waals surface area contributed by atoms with Crippen LogP contribution in [0.2, 0.25) is 0 Å². The van der Waals surface area contributed by atoms with E-state index in [1.165, 1.54) is 11.2 Å². The van der Waals surface area contributed by atoms with Gasteiger partial charge in [-0.3, -0.25) is 14.9 Å². The fraction of sp³-hybridized carbons (Fsp3) is 0.273. The van der Waals surface area contributed by atoms with Crippen LogP contribution in [0.4, 0.5) is 10.5 Å². The minimum Gasteiger partial charge on any atom is -0.293 e. The fourth-order valence-corrected chi connectivity index (χ4v) is 1.30. The van der Waals surface area contributed by atoms with Gasteiger partial charge >= 0.3 is 6.03 Å². The predicted octanol–water partition coefficient (Wildman–Crippen LogP) is 1.43. The SMILES string of the molecule is CCN(C(=O)N(O)C[C]=O)c1ccccc1. The zero-order valence-electron chi connectivity index (χ0n) is 8.96. The number of urea groups is 1. The highest BCUT2D eigenvalue weighted by atomic mass is 16.5. The Morgan fingerprint density at radius 2 is 2.00 bits per heavy atom. The van der Waals surface area contributed by atoms with Gasteiger partial charge in [0, 0.05) is 12.2 Å². The molecule has 0 heterocycles. The van der Waals surface area contributed by atoms with Gasteiger partial charge in [0.1, 0.15) is 6.54 Å². The molecule has 1 aromatic rings. The van der Waals surface area contributed by atoms with Gasteiger partial charge in [-0.2, -0.15) is 5.06 Å². The van der Waals surface area contributed by atoms with Crippen LogP contribution in [0.3, 0.4) is 0 Å². The number of rotatable bonds is 4. The second kappa shape index (κ2) is 5.87. The van der Waals surface area contributed by atoms with Gasteiger partial charge in [0.2, 0.25) is 6.29 Å². The summed E-state index contributed by atoms with van der Waals surface area (Å²) in [5.74, 6) is 0. The monoisotopic (exact) mass is 221 g/mol. The molecule has 2 amide bonds. The summed E-state index contributed by atoms with van der Waals surface area (Å²) in [5.41, 5.74) is 0.667. The third-order valence-corrected chi connectivity index (χ3v) is 2.05. The van der Waals surface area contributed by atoms with E-state index in [0.717, 1.165) is 0 Å². The molecule has 85 valence electrons. The number of carbonyl (C=O) groups excluding carboxylic acids is 2. The lowest BCUT2D eigenvalue weighted by Crippen LogP contribution is -2.42. The van der Waals surface area contributed by atoms with Crippen molar-refractivity contribution >= 4 is 18.0 Å². The number of carbonyl (C=O) groups is 1. The number of amides is 2. The van der Waals surface area contributed by atoms with Crippen LogP contribution in [0.5, 0.6) is 0 Å². The van der Waals surface area contributed by atoms with Gasteiger partial charge in [0.25, 0.3) is 0 Å². The summed E-state index contributed by atoms with van der Waals surface area (Å²) in [7, 11) is 0.